The topological polar surface area (TPSA) is 18.5 Å². The maximum Gasteiger partial charge on any atom is 0.0110 e. The summed E-state index contributed by atoms with van der Waals surface area (Å²) < 4.78 is 0. The van der Waals surface area contributed by atoms with E-state index in [0.29, 0.717) is 0 Å². The van der Waals surface area contributed by atoms with Crippen LogP contribution in [0.4, 0.5) is 0 Å². The van der Waals surface area contributed by atoms with E-state index in [4.69, 9.17) is 0 Å². The molecule has 1 N–H and O–H groups in total. The molecular weight excluding hydrogens is 174 g/mol. The van der Waals surface area contributed by atoms with Crippen molar-refractivity contribution in [1.29, 1.82) is 0 Å². The fourth-order valence-corrected chi connectivity index (χ4v) is 2.63. The molecule has 3 nitrogen and oxygen atoms in total. The smallest absolute Gasteiger partial charge is 0.0110 e. The summed E-state index contributed by atoms with van der Waals surface area (Å²) in [5.41, 5.74) is 0. The van der Waals surface area contributed by atoms with Crippen LogP contribution in [-0.2, 0) is 0 Å². The van der Waals surface area contributed by atoms with E-state index in [9.17, 15) is 0 Å². The van der Waals surface area contributed by atoms with Gasteiger partial charge in [-0.25, -0.2) is 0 Å². The number of nitrogens with zero attached hydrogens (tertiary/aromatic N) is 2. The van der Waals surface area contributed by atoms with Gasteiger partial charge in [0.05, 0.1) is 0 Å². The molecule has 0 radical (unpaired) electrons. The zero-order valence-electron chi connectivity index (χ0n) is 9.34. The van der Waals surface area contributed by atoms with Gasteiger partial charge < -0.3 is 10.2 Å². The first-order chi connectivity index (χ1) is 6.86. The van der Waals surface area contributed by atoms with E-state index in [1.54, 1.807) is 0 Å². The van der Waals surface area contributed by atoms with Crippen LogP contribution < -0.4 is 5.32 Å². The minimum atomic E-state index is 0.863. The molecule has 2 saturated heterocycles. The third-order valence-electron chi connectivity index (χ3n) is 3.59. The highest BCUT2D eigenvalue weighted by Gasteiger charge is 2.22. The number of rotatable bonds is 1. The first kappa shape index (κ1) is 10.4. The van der Waals surface area contributed by atoms with Crippen molar-refractivity contribution < 1.29 is 0 Å². The monoisotopic (exact) mass is 197 g/mol. The van der Waals surface area contributed by atoms with Gasteiger partial charge in [0.1, 0.15) is 0 Å². The molecule has 0 amide bonds. The lowest BCUT2D eigenvalue weighted by Crippen LogP contribution is -2.48. The average molecular weight is 197 g/mol. The number of hydrogen-bond donors (Lipinski definition) is 1. The molecule has 2 aliphatic heterocycles. The normalized spacial score (nSPS) is 32.8. The second kappa shape index (κ2) is 5.10. The van der Waals surface area contributed by atoms with E-state index >= 15 is 0 Å². The fraction of sp³-hybridized carbons (Fsp3) is 1.00. The lowest BCUT2D eigenvalue weighted by atomic mass is 10.1. The molecule has 82 valence electrons. The first-order valence-corrected chi connectivity index (χ1v) is 5.99. The lowest BCUT2D eigenvalue weighted by molar-refractivity contribution is 0.158. The van der Waals surface area contributed by atoms with Gasteiger partial charge in [-0.05, 0) is 39.4 Å². The highest BCUT2D eigenvalue weighted by atomic mass is 15.2. The molecule has 0 spiro atoms. The Morgan fingerprint density at radius 3 is 2.57 bits per heavy atom. The SMILES string of the molecule is CN1CCCC(N2CCNCC2)CC1. The van der Waals surface area contributed by atoms with E-state index < -0.39 is 0 Å². The minimum absolute atomic E-state index is 0.863. The fourth-order valence-electron chi connectivity index (χ4n) is 2.63. The van der Waals surface area contributed by atoms with E-state index in [1.165, 1.54) is 58.5 Å². The van der Waals surface area contributed by atoms with Gasteiger partial charge in [0.2, 0.25) is 0 Å². The molecule has 0 bridgehead atoms. The Bertz CT molecular complexity index is 166. The van der Waals surface area contributed by atoms with Gasteiger partial charge in [-0.1, -0.05) is 0 Å². The predicted molar refractivity (Wildman–Crippen MR) is 59.6 cm³/mol. The van der Waals surface area contributed by atoms with Crippen molar-refractivity contribution in [3.05, 3.63) is 0 Å². The van der Waals surface area contributed by atoms with E-state index in [0.717, 1.165) is 6.04 Å². The average Bonchev–Trinajstić information content (AvgIpc) is 2.44. The lowest BCUT2D eigenvalue weighted by Gasteiger charge is -2.34. The summed E-state index contributed by atoms with van der Waals surface area (Å²) in [6.45, 7) is 7.47. The number of hydrogen-bond acceptors (Lipinski definition) is 3. The molecule has 0 aliphatic carbocycles. The second-order valence-electron chi connectivity index (χ2n) is 4.67. The molecule has 0 aromatic heterocycles. The number of nitrogens with one attached hydrogen (secondary N) is 1. The number of likely N-dealkylation sites (tertiary alicyclic amines) is 1. The van der Waals surface area contributed by atoms with Crippen LogP contribution >= 0.6 is 0 Å². The van der Waals surface area contributed by atoms with Crippen LogP contribution in [0.3, 0.4) is 0 Å². The van der Waals surface area contributed by atoms with Gasteiger partial charge in [-0.3, -0.25) is 4.90 Å². The van der Waals surface area contributed by atoms with Crippen molar-refractivity contribution in [3.8, 4) is 0 Å². The third kappa shape index (κ3) is 2.69. The van der Waals surface area contributed by atoms with Gasteiger partial charge in [-0.15, -0.1) is 0 Å². The van der Waals surface area contributed by atoms with Crippen LogP contribution in [-0.4, -0.2) is 62.2 Å². The molecule has 0 saturated carbocycles. The van der Waals surface area contributed by atoms with Crippen LogP contribution in [0.2, 0.25) is 0 Å². The van der Waals surface area contributed by atoms with Crippen molar-refractivity contribution in [2.45, 2.75) is 25.3 Å². The van der Waals surface area contributed by atoms with Crippen LogP contribution in [0.5, 0.6) is 0 Å². The second-order valence-corrected chi connectivity index (χ2v) is 4.67. The summed E-state index contributed by atoms with van der Waals surface area (Å²) in [7, 11) is 2.25. The Balaban J connectivity index is 1.83. The minimum Gasteiger partial charge on any atom is -0.314 e. The molecule has 2 fully saturated rings. The van der Waals surface area contributed by atoms with Crippen molar-refractivity contribution in [3.63, 3.8) is 0 Å². The summed E-state index contributed by atoms with van der Waals surface area (Å²) in [6, 6.07) is 0.863. The van der Waals surface area contributed by atoms with Crippen LogP contribution in [0.25, 0.3) is 0 Å². The Morgan fingerprint density at radius 1 is 1.00 bits per heavy atom. The van der Waals surface area contributed by atoms with E-state index in [1.807, 2.05) is 0 Å². The Hall–Kier alpha value is -0.120. The molecule has 1 atom stereocenters. The summed E-state index contributed by atoms with van der Waals surface area (Å²) in [5, 5.41) is 3.43. The van der Waals surface area contributed by atoms with Crippen LogP contribution in [0.15, 0.2) is 0 Å². The van der Waals surface area contributed by atoms with Crippen molar-refractivity contribution >= 4 is 0 Å². The summed E-state index contributed by atoms with van der Waals surface area (Å²) in [6.07, 6.45) is 4.16. The molecule has 2 heterocycles. The van der Waals surface area contributed by atoms with Crippen LogP contribution in [0, 0.1) is 0 Å². The number of piperazine rings is 1. The summed E-state index contributed by atoms with van der Waals surface area (Å²) in [4.78, 5) is 5.16. The molecular formula is C11H23N3. The quantitative estimate of drug-likeness (QED) is 0.655. The highest BCUT2D eigenvalue weighted by molar-refractivity contribution is 4.79. The van der Waals surface area contributed by atoms with Gasteiger partial charge in [0.25, 0.3) is 0 Å². The Labute approximate surface area is 87.4 Å². The zero-order valence-corrected chi connectivity index (χ0v) is 9.34. The van der Waals surface area contributed by atoms with Gasteiger partial charge in [0.15, 0.2) is 0 Å². The van der Waals surface area contributed by atoms with E-state index in [-0.39, 0.29) is 0 Å². The van der Waals surface area contributed by atoms with Gasteiger partial charge in [0, 0.05) is 32.2 Å². The first-order valence-electron chi connectivity index (χ1n) is 5.99. The molecule has 14 heavy (non-hydrogen) atoms. The largest absolute Gasteiger partial charge is 0.314 e. The van der Waals surface area contributed by atoms with Crippen molar-refractivity contribution in [1.82, 2.24) is 15.1 Å². The van der Waals surface area contributed by atoms with E-state index in [2.05, 4.69) is 22.2 Å². The summed E-state index contributed by atoms with van der Waals surface area (Å²) in [5.74, 6) is 0. The standard InChI is InChI=1S/C11H23N3/c1-13-7-2-3-11(4-8-13)14-9-5-12-6-10-14/h11-12H,2-10H2,1H3. The molecule has 2 aliphatic rings. The molecule has 2 rings (SSSR count). The third-order valence-corrected chi connectivity index (χ3v) is 3.59. The highest BCUT2D eigenvalue weighted by Crippen LogP contribution is 2.16. The Kier molecular flexibility index (Phi) is 3.79. The van der Waals surface area contributed by atoms with Gasteiger partial charge >= 0.3 is 0 Å². The maximum atomic E-state index is 3.43. The zero-order chi connectivity index (χ0) is 9.80. The molecule has 0 aromatic carbocycles. The molecule has 3 heteroatoms. The van der Waals surface area contributed by atoms with Crippen molar-refractivity contribution in [2.75, 3.05) is 46.3 Å². The van der Waals surface area contributed by atoms with Gasteiger partial charge in [-0.2, -0.15) is 0 Å². The molecule has 0 aromatic rings. The van der Waals surface area contributed by atoms with Crippen LogP contribution in [0.1, 0.15) is 19.3 Å². The maximum absolute atomic E-state index is 3.43. The molecule has 1 unspecified atom stereocenters. The Morgan fingerprint density at radius 2 is 1.79 bits per heavy atom. The predicted octanol–water partition coefficient (Wildman–Crippen LogP) is 0.376. The summed E-state index contributed by atoms with van der Waals surface area (Å²) >= 11 is 0. The van der Waals surface area contributed by atoms with Crippen molar-refractivity contribution in [2.24, 2.45) is 0 Å².